The number of carbonyl (C=O) groups excluding carboxylic acids is 2. The van der Waals surface area contributed by atoms with Gasteiger partial charge < -0.3 is 10.1 Å². The number of carbonyl (C=O) groups is 2. The number of rotatable bonds is 9. The Hall–Kier alpha value is -3.17. The first-order valence-corrected chi connectivity index (χ1v) is 12.9. The van der Waals surface area contributed by atoms with E-state index in [1.165, 1.54) is 24.3 Å². The molecule has 1 aliphatic rings. The smallest absolute Gasteiger partial charge is 0.338 e. The van der Waals surface area contributed by atoms with Gasteiger partial charge in [-0.15, -0.1) is 11.3 Å². The molecule has 7 nitrogen and oxygen atoms in total. The molecule has 2 N–H and O–H groups in total. The Morgan fingerprint density at radius 2 is 1.85 bits per heavy atom. The molecule has 172 valence electrons. The lowest BCUT2D eigenvalue weighted by molar-refractivity contribution is -0.125. The van der Waals surface area contributed by atoms with Gasteiger partial charge in [-0.05, 0) is 60.9 Å². The third-order valence-electron chi connectivity index (χ3n) is 5.29. The molecule has 1 fully saturated rings. The molecule has 2 aromatic carbocycles. The van der Waals surface area contributed by atoms with E-state index in [0.717, 1.165) is 35.3 Å². The molecule has 33 heavy (non-hydrogen) atoms. The van der Waals surface area contributed by atoms with E-state index in [-0.39, 0.29) is 27.4 Å². The number of esters is 1. The highest BCUT2D eigenvalue weighted by Crippen LogP contribution is 2.41. The number of benzene rings is 2. The average molecular weight is 485 g/mol. The first-order valence-electron chi connectivity index (χ1n) is 10.5. The lowest BCUT2D eigenvalue weighted by atomic mass is 10.0. The quantitative estimate of drug-likeness (QED) is 0.442. The SMILES string of the molecule is Cc1ccc(C(NC(=O)COC(=O)c2cccc(NS(=O)(=O)c3cccs3)c2)C2CC2)cc1. The summed E-state index contributed by atoms with van der Waals surface area (Å²) in [4.78, 5) is 24.9. The first-order chi connectivity index (χ1) is 15.8. The molecular weight excluding hydrogens is 460 g/mol. The molecular formula is C24H24N2O5S2. The number of amides is 1. The Bertz CT molecular complexity index is 1230. The zero-order valence-electron chi connectivity index (χ0n) is 18.0. The van der Waals surface area contributed by atoms with E-state index in [0.29, 0.717) is 5.92 Å². The molecule has 1 saturated carbocycles. The Balaban J connectivity index is 1.35. The van der Waals surface area contributed by atoms with Gasteiger partial charge in [-0.2, -0.15) is 0 Å². The molecule has 1 aliphatic carbocycles. The third-order valence-corrected chi connectivity index (χ3v) is 8.07. The van der Waals surface area contributed by atoms with Crippen LogP contribution in [0.3, 0.4) is 0 Å². The molecule has 0 bridgehead atoms. The predicted molar refractivity (Wildman–Crippen MR) is 127 cm³/mol. The van der Waals surface area contributed by atoms with Gasteiger partial charge in [0.2, 0.25) is 0 Å². The number of sulfonamides is 1. The van der Waals surface area contributed by atoms with Crippen LogP contribution in [0.5, 0.6) is 0 Å². The summed E-state index contributed by atoms with van der Waals surface area (Å²) < 4.78 is 32.6. The average Bonchev–Trinajstić information content (AvgIpc) is 3.47. The van der Waals surface area contributed by atoms with Crippen LogP contribution < -0.4 is 10.0 Å². The fraction of sp³-hybridized carbons (Fsp3) is 0.250. The van der Waals surface area contributed by atoms with Gasteiger partial charge >= 0.3 is 5.97 Å². The molecule has 0 saturated heterocycles. The maximum atomic E-state index is 12.5. The minimum atomic E-state index is -3.73. The van der Waals surface area contributed by atoms with Crippen LogP contribution in [0.1, 0.15) is 40.4 Å². The van der Waals surface area contributed by atoms with E-state index >= 15 is 0 Å². The number of thiophene rings is 1. The van der Waals surface area contributed by atoms with Crippen LogP contribution in [-0.4, -0.2) is 26.9 Å². The third kappa shape index (κ3) is 6.00. The Labute approximate surface area is 196 Å². The minimum Gasteiger partial charge on any atom is -0.452 e. The van der Waals surface area contributed by atoms with E-state index in [4.69, 9.17) is 4.74 Å². The van der Waals surface area contributed by atoms with Crippen molar-refractivity contribution in [2.45, 2.75) is 30.0 Å². The summed E-state index contributed by atoms with van der Waals surface area (Å²) in [5, 5.41) is 4.64. The van der Waals surface area contributed by atoms with Crippen LogP contribution in [0, 0.1) is 12.8 Å². The van der Waals surface area contributed by atoms with Crippen LogP contribution in [0.25, 0.3) is 0 Å². The van der Waals surface area contributed by atoms with Crippen molar-refractivity contribution < 1.29 is 22.7 Å². The lowest BCUT2D eigenvalue weighted by Gasteiger charge is -2.19. The fourth-order valence-corrected chi connectivity index (χ4v) is 5.48. The number of nitrogens with one attached hydrogen (secondary N) is 2. The normalized spacial score (nSPS) is 14.3. The molecule has 1 aromatic heterocycles. The van der Waals surface area contributed by atoms with Crippen LogP contribution >= 0.6 is 11.3 Å². The zero-order valence-corrected chi connectivity index (χ0v) is 19.6. The van der Waals surface area contributed by atoms with Crippen molar-refractivity contribution in [2.24, 2.45) is 5.92 Å². The number of aryl methyl sites for hydroxylation is 1. The molecule has 1 amide bonds. The first kappa shape index (κ1) is 23.0. The molecule has 1 heterocycles. The summed E-state index contributed by atoms with van der Waals surface area (Å²) in [6.45, 7) is 1.59. The highest BCUT2D eigenvalue weighted by Gasteiger charge is 2.33. The van der Waals surface area contributed by atoms with Gasteiger partial charge in [-0.25, -0.2) is 13.2 Å². The molecule has 0 radical (unpaired) electrons. The highest BCUT2D eigenvalue weighted by molar-refractivity contribution is 7.94. The predicted octanol–water partition coefficient (Wildman–Crippen LogP) is 4.28. The van der Waals surface area contributed by atoms with Crippen molar-refractivity contribution in [3.8, 4) is 0 Å². The second-order valence-corrected chi connectivity index (χ2v) is 10.8. The van der Waals surface area contributed by atoms with E-state index in [2.05, 4.69) is 10.0 Å². The summed E-state index contributed by atoms with van der Waals surface area (Å²) in [7, 11) is -3.73. The van der Waals surface area contributed by atoms with Gasteiger partial charge in [-0.3, -0.25) is 9.52 Å². The zero-order chi connectivity index (χ0) is 23.4. The van der Waals surface area contributed by atoms with Gasteiger partial charge in [0.05, 0.1) is 11.6 Å². The van der Waals surface area contributed by atoms with Crippen LogP contribution in [0.15, 0.2) is 70.3 Å². The van der Waals surface area contributed by atoms with Crippen molar-refractivity contribution in [3.63, 3.8) is 0 Å². The molecule has 0 spiro atoms. The van der Waals surface area contributed by atoms with Crippen LogP contribution in [0.4, 0.5) is 5.69 Å². The second kappa shape index (κ2) is 9.76. The lowest BCUT2D eigenvalue weighted by Crippen LogP contribution is -2.33. The highest BCUT2D eigenvalue weighted by atomic mass is 32.2. The molecule has 9 heteroatoms. The van der Waals surface area contributed by atoms with Gasteiger partial charge in [0.1, 0.15) is 4.21 Å². The number of hydrogen-bond donors (Lipinski definition) is 2. The summed E-state index contributed by atoms with van der Waals surface area (Å²) in [6, 6.07) is 17.0. The number of hydrogen-bond acceptors (Lipinski definition) is 6. The van der Waals surface area contributed by atoms with Crippen molar-refractivity contribution in [2.75, 3.05) is 11.3 Å². The number of anilines is 1. The molecule has 3 aromatic rings. The van der Waals surface area contributed by atoms with Crippen LogP contribution in [-0.2, 0) is 19.6 Å². The molecule has 0 aliphatic heterocycles. The standard InChI is InChI=1S/C24H24N2O5S2/c1-16-7-9-17(10-8-16)23(18-11-12-18)25-21(27)15-31-24(28)19-4-2-5-20(14-19)26-33(29,30)22-6-3-13-32-22/h2-10,13-14,18,23,26H,11-12,15H2,1H3,(H,25,27). The second-order valence-electron chi connectivity index (χ2n) is 7.99. The van der Waals surface area contributed by atoms with Crippen molar-refractivity contribution in [1.82, 2.24) is 5.32 Å². The largest absolute Gasteiger partial charge is 0.452 e. The summed E-state index contributed by atoms with van der Waals surface area (Å²) in [5.74, 6) is -0.698. The summed E-state index contributed by atoms with van der Waals surface area (Å²) in [6.07, 6.45) is 2.10. The Kier molecular flexibility index (Phi) is 6.80. The molecule has 1 unspecified atom stereocenters. The van der Waals surface area contributed by atoms with E-state index in [1.54, 1.807) is 17.5 Å². The van der Waals surface area contributed by atoms with E-state index in [1.807, 2.05) is 31.2 Å². The van der Waals surface area contributed by atoms with Crippen molar-refractivity contribution in [1.29, 1.82) is 0 Å². The topological polar surface area (TPSA) is 102 Å². The maximum Gasteiger partial charge on any atom is 0.338 e. The Morgan fingerprint density at radius 3 is 2.52 bits per heavy atom. The monoisotopic (exact) mass is 484 g/mol. The van der Waals surface area contributed by atoms with Gasteiger partial charge in [0, 0.05) is 5.69 Å². The van der Waals surface area contributed by atoms with Crippen molar-refractivity contribution in [3.05, 3.63) is 82.7 Å². The van der Waals surface area contributed by atoms with E-state index in [9.17, 15) is 18.0 Å². The van der Waals surface area contributed by atoms with Gasteiger partial charge in [0.15, 0.2) is 6.61 Å². The van der Waals surface area contributed by atoms with Crippen LogP contribution in [0.2, 0.25) is 0 Å². The van der Waals surface area contributed by atoms with Crippen molar-refractivity contribution >= 4 is 38.9 Å². The summed E-state index contributed by atoms with van der Waals surface area (Å²) in [5.41, 5.74) is 2.56. The van der Waals surface area contributed by atoms with Gasteiger partial charge in [0.25, 0.3) is 15.9 Å². The minimum absolute atomic E-state index is 0.105. The number of ether oxygens (including phenoxy) is 1. The fourth-order valence-electron chi connectivity index (χ4n) is 3.44. The summed E-state index contributed by atoms with van der Waals surface area (Å²) >= 11 is 1.09. The Morgan fingerprint density at radius 1 is 1.09 bits per heavy atom. The maximum absolute atomic E-state index is 12.5. The molecule has 4 rings (SSSR count). The molecule has 1 atom stereocenters. The van der Waals surface area contributed by atoms with Gasteiger partial charge in [-0.1, -0.05) is 42.0 Å². The van der Waals surface area contributed by atoms with E-state index < -0.39 is 22.6 Å².